The van der Waals surface area contributed by atoms with Crippen LogP contribution in [0.3, 0.4) is 0 Å². The van der Waals surface area contributed by atoms with Gasteiger partial charge in [-0.05, 0) is 37.4 Å². The number of rotatable bonds is 3. The molecule has 3 aromatic rings. The predicted molar refractivity (Wildman–Crippen MR) is 83.7 cm³/mol. The van der Waals surface area contributed by atoms with Crippen molar-refractivity contribution in [2.45, 2.75) is 11.8 Å². The van der Waals surface area contributed by atoms with Gasteiger partial charge < -0.3 is 5.32 Å². The topological polar surface area (TPSA) is 37.8 Å². The minimum absolute atomic E-state index is 0.868. The molecule has 1 N–H and O–H groups in total. The SMILES string of the molecule is CSc1cccc(Nc2ncnc3sc(C)cc23)c1. The van der Waals surface area contributed by atoms with Gasteiger partial charge in [0.05, 0.1) is 5.39 Å². The van der Waals surface area contributed by atoms with Gasteiger partial charge >= 0.3 is 0 Å². The maximum absolute atomic E-state index is 4.35. The normalized spacial score (nSPS) is 10.8. The number of aromatic nitrogens is 2. The number of hydrogen-bond donors (Lipinski definition) is 1. The molecule has 0 aliphatic rings. The van der Waals surface area contributed by atoms with Gasteiger partial charge in [0.1, 0.15) is 17.0 Å². The minimum atomic E-state index is 0.868. The molecule has 0 spiro atoms. The van der Waals surface area contributed by atoms with Crippen molar-refractivity contribution in [3.05, 3.63) is 41.5 Å². The van der Waals surface area contributed by atoms with Crippen LogP contribution in [0, 0.1) is 6.92 Å². The van der Waals surface area contributed by atoms with Gasteiger partial charge in [0.25, 0.3) is 0 Å². The summed E-state index contributed by atoms with van der Waals surface area (Å²) in [6.45, 7) is 2.09. The number of hydrogen-bond acceptors (Lipinski definition) is 5. The summed E-state index contributed by atoms with van der Waals surface area (Å²) in [5.41, 5.74) is 1.05. The molecule has 0 aliphatic carbocycles. The molecule has 96 valence electrons. The van der Waals surface area contributed by atoms with Gasteiger partial charge in [0, 0.05) is 15.5 Å². The summed E-state index contributed by atoms with van der Waals surface area (Å²) in [6.07, 6.45) is 3.68. The number of fused-ring (bicyclic) bond motifs is 1. The van der Waals surface area contributed by atoms with Crippen LogP contribution in [-0.2, 0) is 0 Å². The lowest BCUT2D eigenvalue weighted by atomic mass is 10.3. The Kier molecular flexibility index (Phi) is 3.40. The highest BCUT2D eigenvalue weighted by molar-refractivity contribution is 7.98. The molecule has 3 nitrogen and oxygen atoms in total. The van der Waals surface area contributed by atoms with E-state index < -0.39 is 0 Å². The van der Waals surface area contributed by atoms with Crippen molar-refractivity contribution in [2.75, 3.05) is 11.6 Å². The number of thiophene rings is 1. The fourth-order valence-corrected chi connectivity index (χ4v) is 3.22. The second kappa shape index (κ2) is 5.19. The average Bonchev–Trinajstić information content (AvgIpc) is 2.80. The van der Waals surface area contributed by atoms with Gasteiger partial charge in [0.15, 0.2) is 0 Å². The van der Waals surface area contributed by atoms with E-state index in [0.29, 0.717) is 0 Å². The van der Waals surface area contributed by atoms with Crippen molar-refractivity contribution < 1.29 is 0 Å². The standard InChI is InChI=1S/C14H13N3S2/c1-9-6-12-13(15-8-16-14(12)19-9)17-10-4-3-5-11(7-10)18-2/h3-8H,1-2H3,(H,15,16,17). The molecule has 0 unspecified atom stereocenters. The molecule has 0 bridgehead atoms. The average molecular weight is 287 g/mol. The Hall–Kier alpha value is -1.59. The molecule has 1 aromatic carbocycles. The molecule has 0 saturated heterocycles. The Balaban J connectivity index is 2.00. The van der Waals surface area contributed by atoms with E-state index in [1.54, 1.807) is 29.4 Å². The van der Waals surface area contributed by atoms with Crippen molar-refractivity contribution in [1.29, 1.82) is 0 Å². The van der Waals surface area contributed by atoms with Gasteiger partial charge in [0.2, 0.25) is 0 Å². The summed E-state index contributed by atoms with van der Waals surface area (Å²) in [5, 5.41) is 4.46. The summed E-state index contributed by atoms with van der Waals surface area (Å²) in [6, 6.07) is 10.4. The summed E-state index contributed by atoms with van der Waals surface area (Å²) >= 11 is 3.42. The second-order valence-electron chi connectivity index (χ2n) is 4.16. The first-order valence-corrected chi connectivity index (χ1v) is 7.92. The summed E-state index contributed by atoms with van der Waals surface area (Å²) in [7, 11) is 0. The molecule has 0 amide bonds. The second-order valence-corrected chi connectivity index (χ2v) is 6.27. The van der Waals surface area contributed by atoms with Crippen molar-refractivity contribution in [3.63, 3.8) is 0 Å². The number of aryl methyl sites for hydroxylation is 1. The van der Waals surface area contributed by atoms with Crippen molar-refractivity contribution in [3.8, 4) is 0 Å². The zero-order valence-corrected chi connectivity index (χ0v) is 12.3. The maximum Gasteiger partial charge on any atom is 0.142 e. The number of nitrogens with zero attached hydrogens (tertiary/aromatic N) is 2. The van der Waals surface area contributed by atoms with E-state index in [0.717, 1.165) is 21.7 Å². The molecular formula is C14H13N3S2. The van der Waals surface area contributed by atoms with E-state index in [9.17, 15) is 0 Å². The smallest absolute Gasteiger partial charge is 0.142 e. The highest BCUT2D eigenvalue weighted by Crippen LogP contribution is 2.30. The maximum atomic E-state index is 4.35. The molecule has 19 heavy (non-hydrogen) atoms. The first kappa shape index (κ1) is 12.4. The van der Waals surface area contributed by atoms with Crippen LogP contribution >= 0.6 is 23.1 Å². The highest BCUT2D eigenvalue weighted by atomic mass is 32.2. The van der Waals surface area contributed by atoms with Crippen LogP contribution in [-0.4, -0.2) is 16.2 Å². The molecule has 0 saturated carbocycles. The van der Waals surface area contributed by atoms with Gasteiger partial charge in [-0.15, -0.1) is 23.1 Å². The fourth-order valence-electron chi connectivity index (χ4n) is 1.91. The van der Waals surface area contributed by atoms with E-state index >= 15 is 0 Å². The van der Waals surface area contributed by atoms with Gasteiger partial charge in [-0.25, -0.2) is 9.97 Å². The van der Waals surface area contributed by atoms with Crippen LogP contribution in [0.2, 0.25) is 0 Å². The highest BCUT2D eigenvalue weighted by Gasteiger charge is 2.07. The molecule has 3 rings (SSSR count). The Morgan fingerprint density at radius 1 is 1.21 bits per heavy atom. The zero-order valence-electron chi connectivity index (χ0n) is 10.7. The van der Waals surface area contributed by atoms with Gasteiger partial charge in [-0.3, -0.25) is 0 Å². The number of thioether (sulfide) groups is 1. The molecule has 2 aromatic heterocycles. The lowest BCUT2D eigenvalue weighted by Crippen LogP contribution is -1.94. The van der Waals surface area contributed by atoms with Crippen LogP contribution in [0.25, 0.3) is 10.2 Å². The van der Waals surface area contributed by atoms with Crippen LogP contribution < -0.4 is 5.32 Å². The molecular weight excluding hydrogens is 274 g/mol. The van der Waals surface area contributed by atoms with E-state index in [1.165, 1.54) is 9.77 Å². The third-order valence-electron chi connectivity index (χ3n) is 2.79. The number of nitrogens with one attached hydrogen (secondary N) is 1. The van der Waals surface area contributed by atoms with Crippen LogP contribution in [0.1, 0.15) is 4.88 Å². The minimum Gasteiger partial charge on any atom is -0.340 e. The molecule has 0 aliphatic heterocycles. The lowest BCUT2D eigenvalue weighted by molar-refractivity contribution is 1.23. The Labute approximate surface area is 120 Å². The first-order valence-electron chi connectivity index (χ1n) is 5.88. The van der Waals surface area contributed by atoms with Crippen LogP contribution in [0.5, 0.6) is 0 Å². The van der Waals surface area contributed by atoms with Gasteiger partial charge in [-0.1, -0.05) is 6.07 Å². The zero-order chi connectivity index (χ0) is 13.2. The van der Waals surface area contributed by atoms with E-state index in [2.05, 4.69) is 46.7 Å². The van der Waals surface area contributed by atoms with Crippen molar-refractivity contribution in [2.24, 2.45) is 0 Å². The summed E-state index contributed by atoms with van der Waals surface area (Å²) < 4.78 is 0. The molecule has 2 heterocycles. The van der Waals surface area contributed by atoms with E-state index in [-0.39, 0.29) is 0 Å². The molecule has 0 atom stereocenters. The third kappa shape index (κ3) is 2.57. The summed E-state index contributed by atoms with van der Waals surface area (Å²) in [4.78, 5) is 12.2. The van der Waals surface area contributed by atoms with Crippen molar-refractivity contribution in [1.82, 2.24) is 9.97 Å². The monoisotopic (exact) mass is 287 g/mol. The quantitative estimate of drug-likeness (QED) is 0.721. The number of benzene rings is 1. The van der Waals surface area contributed by atoms with Crippen molar-refractivity contribution >= 4 is 44.8 Å². The Morgan fingerprint density at radius 3 is 2.95 bits per heavy atom. The lowest BCUT2D eigenvalue weighted by Gasteiger charge is -2.07. The van der Waals surface area contributed by atoms with Crippen LogP contribution in [0.4, 0.5) is 11.5 Å². The predicted octanol–water partition coefficient (Wildman–Crippen LogP) is 4.47. The molecule has 0 radical (unpaired) electrons. The number of anilines is 2. The molecule has 5 heteroatoms. The Bertz CT molecular complexity index is 722. The van der Waals surface area contributed by atoms with E-state index in [1.807, 2.05) is 12.1 Å². The molecule has 0 fully saturated rings. The largest absolute Gasteiger partial charge is 0.340 e. The third-order valence-corrected chi connectivity index (χ3v) is 4.47. The fraction of sp³-hybridized carbons (Fsp3) is 0.143. The van der Waals surface area contributed by atoms with Gasteiger partial charge in [-0.2, -0.15) is 0 Å². The first-order chi connectivity index (χ1) is 9.26. The Morgan fingerprint density at radius 2 is 2.11 bits per heavy atom. The summed E-state index contributed by atoms with van der Waals surface area (Å²) in [5.74, 6) is 0.868. The van der Waals surface area contributed by atoms with Crippen LogP contribution in [0.15, 0.2) is 41.6 Å². The van der Waals surface area contributed by atoms with E-state index in [4.69, 9.17) is 0 Å².